The Morgan fingerprint density at radius 1 is 1.29 bits per heavy atom. The first kappa shape index (κ1) is 15.7. The Hall–Kier alpha value is -1.70. The molecule has 3 N–H and O–H groups in total. The number of hydrogen-bond acceptors (Lipinski definition) is 4. The minimum Gasteiger partial charge on any atom is -0.319 e. The summed E-state index contributed by atoms with van der Waals surface area (Å²) in [6.07, 6.45) is 4.15. The van der Waals surface area contributed by atoms with Gasteiger partial charge < -0.3 is 5.32 Å². The molecular weight excluding hydrogens is 288 g/mol. The Bertz CT molecular complexity index is 651. The number of aromatic nitrogens is 2. The van der Waals surface area contributed by atoms with Gasteiger partial charge in [0.25, 0.3) is 0 Å². The van der Waals surface area contributed by atoms with Gasteiger partial charge in [0, 0.05) is 17.8 Å². The second-order valence-electron chi connectivity index (χ2n) is 4.87. The lowest BCUT2D eigenvalue weighted by atomic mass is 10.1. The molecule has 6 nitrogen and oxygen atoms in total. The summed E-state index contributed by atoms with van der Waals surface area (Å²) in [5, 5.41) is 9.56. The molecule has 0 aliphatic heterocycles. The summed E-state index contributed by atoms with van der Waals surface area (Å²) in [5.74, 6) is 0. The molecule has 114 valence electrons. The van der Waals surface area contributed by atoms with Gasteiger partial charge in [-0.25, -0.2) is 13.1 Å². The molecule has 0 aliphatic carbocycles. The van der Waals surface area contributed by atoms with Crippen molar-refractivity contribution in [2.45, 2.75) is 24.3 Å². The zero-order valence-electron chi connectivity index (χ0n) is 12.1. The van der Waals surface area contributed by atoms with Crippen molar-refractivity contribution in [1.29, 1.82) is 0 Å². The molecule has 1 heterocycles. The quantitative estimate of drug-likeness (QED) is 0.717. The summed E-state index contributed by atoms with van der Waals surface area (Å²) in [7, 11) is -1.64. The first-order valence-electron chi connectivity index (χ1n) is 6.77. The highest BCUT2D eigenvalue weighted by Gasteiger charge is 2.18. The first-order chi connectivity index (χ1) is 10.0. The lowest BCUT2D eigenvalue weighted by Crippen LogP contribution is -2.26. The average molecular weight is 308 g/mol. The van der Waals surface area contributed by atoms with Gasteiger partial charge in [-0.05, 0) is 44.6 Å². The highest BCUT2D eigenvalue weighted by Crippen LogP contribution is 2.16. The number of sulfonamides is 1. The third-order valence-electron chi connectivity index (χ3n) is 3.25. The number of H-pyrrole nitrogens is 1. The molecular formula is C14H20N4O2S. The Kier molecular flexibility index (Phi) is 5.11. The minimum atomic E-state index is -3.53. The molecule has 0 spiro atoms. The average Bonchev–Trinajstić information content (AvgIpc) is 2.99. The minimum absolute atomic E-state index is 0.269. The molecule has 1 atom stereocenters. The van der Waals surface area contributed by atoms with E-state index in [1.54, 1.807) is 31.5 Å². The van der Waals surface area contributed by atoms with Gasteiger partial charge in [-0.3, -0.25) is 5.10 Å². The summed E-state index contributed by atoms with van der Waals surface area (Å²) < 4.78 is 27.3. The van der Waals surface area contributed by atoms with Crippen LogP contribution in [-0.2, 0) is 16.4 Å². The van der Waals surface area contributed by atoms with Crippen molar-refractivity contribution < 1.29 is 8.42 Å². The maximum atomic E-state index is 12.3. The molecule has 2 rings (SSSR count). The number of benzene rings is 1. The topological polar surface area (TPSA) is 86.9 Å². The van der Waals surface area contributed by atoms with E-state index in [1.165, 1.54) is 0 Å². The van der Waals surface area contributed by atoms with Crippen molar-refractivity contribution in [2.24, 2.45) is 0 Å². The van der Waals surface area contributed by atoms with Crippen LogP contribution in [0.15, 0.2) is 41.6 Å². The van der Waals surface area contributed by atoms with Crippen LogP contribution in [0, 0.1) is 0 Å². The van der Waals surface area contributed by atoms with Crippen LogP contribution in [0.2, 0.25) is 0 Å². The van der Waals surface area contributed by atoms with Crippen LogP contribution in [0.1, 0.15) is 24.1 Å². The molecule has 2 aromatic rings. The van der Waals surface area contributed by atoms with E-state index in [2.05, 4.69) is 20.2 Å². The van der Waals surface area contributed by atoms with Gasteiger partial charge in [-0.1, -0.05) is 12.1 Å². The normalized spacial score (nSPS) is 13.2. The highest BCUT2D eigenvalue weighted by molar-refractivity contribution is 7.89. The third-order valence-corrected chi connectivity index (χ3v) is 4.81. The number of rotatable bonds is 7. The molecule has 0 saturated heterocycles. The molecule has 7 heteroatoms. The van der Waals surface area contributed by atoms with Gasteiger partial charge in [0.15, 0.2) is 0 Å². The van der Waals surface area contributed by atoms with Gasteiger partial charge in [-0.2, -0.15) is 5.10 Å². The molecule has 0 amide bonds. The fourth-order valence-electron chi connectivity index (χ4n) is 1.97. The molecule has 0 fully saturated rings. The van der Waals surface area contributed by atoms with Crippen LogP contribution >= 0.6 is 0 Å². The molecule has 1 aromatic carbocycles. The zero-order chi connectivity index (χ0) is 15.3. The monoisotopic (exact) mass is 308 g/mol. The van der Waals surface area contributed by atoms with Gasteiger partial charge >= 0.3 is 0 Å². The third kappa shape index (κ3) is 4.13. The molecule has 0 saturated carbocycles. The summed E-state index contributed by atoms with van der Waals surface area (Å²) >= 11 is 0. The molecule has 1 unspecified atom stereocenters. The molecule has 0 aliphatic rings. The highest BCUT2D eigenvalue weighted by atomic mass is 32.2. The second kappa shape index (κ2) is 6.84. The lowest BCUT2D eigenvalue weighted by molar-refractivity contribution is 0.567. The van der Waals surface area contributed by atoms with E-state index in [0.29, 0.717) is 0 Å². The Labute approximate surface area is 125 Å². The van der Waals surface area contributed by atoms with Crippen molar-refractivity contribution in [3.63, 3.8) is 0 Å². The van der Waals surface area contributed by atoms with Crippen LogP contribution in [0.25, 0.3) is 0 Å². The molecule has 0 radical (unpaired) electrons. The predicted octanol–water partition coefficient (Wildman–Crippen LogP) is 1.21. The van der Waals surface area contributed by atoms with E-state index in [0.717, 1.165) is 24.1 Å². The van der Waals surface area contributed by atoms with Crippen molar-refractivity contribution in [3.05, 3.63) is 47.8 Å². The smallest absolute Gasteiger partial charge is 0.241 e. The van der Waals surface area contributed by atoms with E-state index in [9.17, 15) is 8.42 Å². The molecule has 21 heavy (non-hydrogen) atoms. The fraction of sp³-hybridized carbons (Fsp3) is 0.357. The Morgan fingerprint density at radius 3 is 2.57 bits per heavy atom. The van der Waals surface area contributed by atoms with E-state index in [-0.39, 0.29) is 10.9 Å². The van der Waals surface area contributed by atoms with Crippen molar-refractivity contribution in [1.82, 2.24) is 20.2 Å². The van der Waals surface area contributed by atoms with Crippen molar-refractivity contribution in [2.75, 3.05) is 13.6 Å². The number of likely N-dealkylation sites (N-methyl/N-ethyl adjacent to an activating group) is 1. The number of aromatic amines is 1. The predicted molar refractivity (Wildman–Crippen MR) is 81.4 cm³/mol. The van der Waals surface area contributed by atoms with Gasteiger partial charge in [0.1, 0.15) is 0 Å². The van der Waals surface area contributed by atoms with Crippen molar-refractivity contribution >= 4 is 10.0 Å². The maximum Gasteiger partial charge on any atom is 0.241 e. The fourth-order valence-corrected chi connectivity index (χ4v) is 3.20. The second-order valence-corrected chi connectivity index (χ2v) is 6.59. The van der Waals surface area contributed by atoms with Gasteiger partial charge in [0.2, 0.25) is 10.0 Å². The number of nitrogens with zero attached hydrogens (tertiary/aromatic N) is 1. The van der Waals surface area contributed by atoms with E-state index in [4.69, 9.17) is 0 Å². The van der Waals surface area contributed by atoms with Crippen LogP contribution in [0.4, 0.5) is 0 Å². The number of hydrogen-bond donors (Lipinski definition) is 3. The van der Waals surface area contributed by atoms with E-state index in [1.807, 2.05) is 19.2 Å². The van der Waals surface area contributed by atoms with Gasteiger partial charge in [0.05, 0.1) is 11.1 Å². The van der Waals surface area contributed by atoms with Crippen LogP contribution in [0.5, 0.6) is 0 Å². The standard InChI is InChI=1S/C14H20N4O2S/c1-11(13-9-16-17-10-13)18-21(19,20)14-5-3-12(4-6-14)7-8-15-2/h3-6,9-11,15,18H,7-8H2,1-2H3,(H,16,17). The summed E-state index contributed by atoms with van der Waals surface area (Å²) in [6.45, 7) is 2.64. The van der Waals surface area contributed by atoms with Crippen LogP contribution < -0.4 is 10.0 Å². The van der Waals surface area contributed by atoms with E-state index < -0.39 is 10.0 Å². The first-order valence-corrected chi connectivity index (χ1v) is 8.26. The summed E-state index contributed by atoms with van der Waals surface area (Å²) in [5.41, 5.74) is 1.90. The summed E-state index contributed by atoms with van der Waals surface area (Å²) in [6, 6.07) is 6.62. The summed E-state index contributed by atoms with van der Waals surface area (Å²) in [4.78, 5) is 0.269. The molecule has 0 bridgehead atoms. The molecule has 1 aromatic heterocycles. The van der Waals surface area contributed by atoms with E-state index >= 15 is 0 Å². The zero-order valence-corrected chi connectivity index (χ0v) is 12.9. The van der Waals surface area contributed by atoms with Crippen molar-refractivity contribution in [3.8, 4) is 0 Å². The van der Waals surface area contributed by atoms with Gasteiger partial charge in [-0.15, -0.1) is 0 Å². The Balaban J connectivity index is 2.08. The van der Waals surface area contributed by atoms with Crippen LogP contribution in [0.3, 0.4) is 0 Å². The SMILES string of the molecule is CNCCc1ccc(S(=O)(=O)NC(C)c2cn[nH]c2)cc1. The largest absolute Gasteiger partial charge is 0.319 e. The number of nitrogens with one attached hydrogen (secondary N) is 3. The maximum absolute atomic E-state index is 12.3. The van der Waals surface area contributed by atoms with Crippen LogP contribution in [-0.4, -0.2) is 32.2 Å². The lowest BCUT2D eigenvalue weighted by Gasteiger charge is -2.13. The Morgan fingerprint density at radius 2 is 2.00 bits per heavy atom.